The van der Waals surface area contributed by atoms with Crippen molar-refractivity contribution >= 4 is 85.2 Å². The number of benzene rings is 3. The summed E-state index contributed by atoms with van der Waals surface area (Å²) in [5, 5.41) is 14.1. The Balaban J connectivity index is 1.09. The van der Waals surface area contributed by atoms with Gasteiger partial charge in [-0.2, -0.15) is 0 Å². The van der Waals surface area contributed by atoms with E-state index >= 15 is 0 Å². The third-order valence-corrected chi connectivity index (χ3v) is 9.32. The van der Waals surface area contributed by atoms with E-state index < -0.39 is 0 Å². The molecule has 0 radical (unpaired) electrons. The van der Waals surface area contributed by atoms with Gasteiger partial charge in [-0.3, -0.25) is 14.5 Å². The molecule has 2 amide bonds. The zero-order valence-electron chi connectivity index (χ0n) is 20.5. The van der Waals surface area contributed by atoms with Crippen LogP contribution in [0.15, 0.2) is 76.0 Å². The Hall–Kier alpha value is -3.05. The van der Waals surface area contributed by atoms with Gasteiger partial charge in [-0.15, -0.1) is 10.2 Å². The van der Waals surface area contributed by atoms with Crippen molar-refractivity contribution in [1.29, 1.82) is 0 Å². The summed E-state index contributed by atoms with van der Waals surface area (Å²) < 4.78 is 1.32. The van der Waals surface area contributed by atoms with Gasteiger partial charge in [0, 0.05) is 18.7 Å². The fourth-order valence-electron chi connectivity index (χ4n) is 3.96. The molecular formula is C28H24N4O2S4. The number of hydrogen-bond donors (Lipinski definition) is 1. The number of carbonyl (C=O) groups is 2. The number of thioether (sulfide) groups is 2. The molecule has 6 nitrogen and oxygen atoms in total. The maximum absolute atomic E-state index is 12.8. The Morgan fingerprint density at radius 1 is 1.08 bits per heavy atom. The minimum Gasteiger partial charge on any atom is -0.301 e. The molecule has 192 valence electrons. The number of aromatic nitrogens is 2. The molecule has 0 aliphatic carbocycles. The molecule has 2 heterocycles. The Morgan fingerprint density at radius 2 is 1.87 bits per heavy atom. The first kappa shape index (κ1) is 26.6. The van der Waals surface area contributed by atoms with Crippen molar-refractivity contribution < 1.29 is 9.59 Å². The molecular weight excluding hydrogens is 553 g/mol. The number of hydrogen-bond acceptors (Lipinski definition) is 8. The first-order chi connectivity index (χ1) is 18.5. The smallest absolute Gasteiger partial charge is 0.266 e. The van der Waals surface area contributed by atoms with E-state index in [1.54, 1.807) is 16.7 Å². The van der Waals surface area contributed by atoms with Gasteiger partial charge in [0.05, 0.1) is 4.91 Å². The van der Waals surface area contributed by atoms with E-state index in [1.165, 1.54) is 39.4 Å². The van der Waals surface area contributed by atoms with Crippen LogP contribution in [0.3, 0.4) is 0 Å². The summed E-state index contributed by atoms with van der Waals surface area (Å²) in [5.74, 6) is 0.497. The number of anilines is 1. The van der Waals surface area contributed by atoms with Crippen LogP contribution in [0.2, 0.25) is 0 Å². The Morgan fingerprint density at radius 3 is 2.71 bits per heavy atom. The van der Waals surface area contributed by atoms with E-state index in [-0.39, 0.29) is 18.2 Å². The lowest BCUT2D eigenvalue weighted by atomic mass is 10.1. The highest BCUT2D eigenvalue weighted by atomic mass is 32.2. The minimum absolute atomic E-state index is 0.113. The number of amides is 2. The number of thiocarbonyl (C=S) groups is 1. The normalized spacial score (nSPS) is 14.6. The van der Waals surface area contributed by atoms with Crippen molar-refractivity contribution in [3.8, 4) is 0 Å². The summed E-state index contributed by atoms with van der Waals surface area (Å²) in [6, 6.07) is 22.6. The van der Waals surface area contributed by atoms with Crippen LogP contribution < -0.4 is 5.32 Å². The fraction of sp³-hybridized carbons (Fsp3) is 0.179. The lowest BCUT2D eigenvalue weighted by Gasteiger charge is -2.13. The third kappa shape index (κ3) is 6.50. The van der Waals surface area contributed by atoms with Crippen LogP contribution >= 0.6 is 47.1 Å². The molecule has 10 heteroatoms. The van der Waals surface area contributed by atoms with Crippen molar-refractivity contribution in [2.45, 2.75) is 29.9 Å². The highest BCUT2D eigenvalue weighted by molar-refractivity contribution is 8.26. The standard InChI is InChI=1S/C28H24N4O2S4/c1-18-11-13-19(14-12-18)16-23-25(34)32(28(35)37-23)15-5-10-24(33)29-26-30-31-27(38-26)36-17-21-8-4-7-20-6-2-3-9-22(20)21/h2-4,6-9,11-14,16H,5,10,15,17H2,1H3,(H,29,30,33)/b23-16-. The SMILES string of the molecule is Cc1ccc(/C=C2\SC(=S)N(CCCC(=O)Nc3nnc(SCc4cccc5ccccc45)s3)C2=O)cc1. The lowest BCUT2D eigenvalue weighted by Crippen LogP contribution is -2.29. The molecule has 1 N–H and O–H groups in total. The van der Waals surface area contributed by atoms with Crippen LogP contribution in [-0.2, 0) is 15.3 Å². The van der Waals surface area contributed by atoms with Crippen LogP contribution in [-0.4, -0.2) is 37.8 Å². The van der Waals surface area contributed by atoms with Crippen molar-refractivity contribution in [1.82, 2.24) is 15.1 Å². The molecule has 0 atom stereocenters. The predicted octanol–water partition coefficient (Wildman–Crippen LogP) is 6.91. The summed E-state index contributed by atoms with van der Waals surface area (Å²) in [7, 11) is 0. The van der Waals surface area contributed by atoms with E-state index in [2.05, 4.69) is 45.8 Å². The summed E-state index contributed by atoms with van der Waals surface area (Å²) in [6.07, 6.45) is 2.61. The van der Waals surface area contributed by atoms with E-state index in [0.717, 1.165) is 21.2 Å². The van der Waals surface area contributed by atoms with Crippen LogP contribution in [0.25, 0.3) is 16.8 Å². The van der Waals surface area contributed by atoms with E-state index in [1.807, 2.05) is 49.4 Å². The molecule has 1 fully saturated rings. The van der Waals surface area contributed by atoms with Crippen molar-refractivity contribution in [3.05, 3.63) is 88.3 Å². The van der Waals surface area contributed by atoms with Gasteiger partial charge in [0.15, 0.2) is 4.34 Å². The van der Waals surface area contributed by atoms with Crippen LogP contribution in [0, 0.1) is 6.92 Å². The van der Waals surface area contributed by atoms with E-state index in [0.29, 0.717) is 27.3 Å². The molecule has 0 unspecified atom stereocenters. The number of aryl methyl sites for hydroxylation is 1. The van der Waals surface area contributed by atoms with Gasteiger partial charge < -0.3 is 5.32 Å². The molecule has 5 rings (SSSR count). The molecule has 0 bridgehead atoms. The zero-order valence-corrected chi connectivity index (χ0v) is 23.8. The molecule has 1 aliphatic rings. The monoisotopic (exact) mass is 576 g/mol. The molecule has 0 spiro atoms. The topological polar surface area (TPSA) is 75.2 Å². The largest absolute Gasteiger partial charge is 0.301 e. The van der Waals surface area contributed by atoms with E-state index in [4.69, 9.17) is 12.2 Å². The maximum Gasteiger partial charge on any atom is 0.266 e. The Kier molecular flexibility index (Phi) is 8.53. The maximum atomic E-state index is 12.8. The number of carbonyl (C=O) groups excluding carboxylic acids is 2. The predicted molar refractivity (Wildman–Crippen MR) is 162 cm³/mol. The van der Waals surface area contributed by atoms with Gasteiger partial charge >= 0.3 is 0 Å². The summed E-state index contributed by atoms with van der Waals surface area (Å²) >= 11 is 9.67. The van der Waals surface area contributed by atoms with Gasteiger partial charge in [-0.25, -0.2) is 0 Å². The van der Waals surface area contributed by atoms with Crippen LogP contribution in [0.1, 0.15) is 29.5 Å². The minimum atomic E-state index is -0.160. The van der Waals surface area contributed by atoms with Crippen molar-refractivity contribution in [3.63, 3.8) is 0 Å². The second-order valence-electron chi connectivity index (χ2n) is 8.70. The number of fused-ring (bicyclic) bond motifs is 1. The number of rotatable bonds is 9. The van der Waals surface area contributed by atoms with Crippen molar-refractivity contribution in [2.24, 2.45) is 0 Å². The molecule has 1 aliphatic heterocycles. The highest BCUT2D eigenvalue weighted by Crippen LogP contribution is 2.33. The van der Waals surface area contributed by atoms with Gasteiger partial charge in [-0.1, -0.05) is 119 Å². The molecule has 0 saturated carbocycles. The molecule has 3 aromatic carbocycles. The first-order valence-corrected chi connectivity index (χ1v) is 15.0. The molecule has 1 saturated heterocycles. The van der Waals surface area contributed by atoms with E-state index in [9.17, 15) is 9.59 Å². The fourth-order valence-corrected chi connectivity index (χ4v) is 7.04. The number of nitrogens with zero attached hydrogens (tertiary/aromatic N) is 3. The highest BCUT2D eigenvalue weighted by Gasteiger charge is 2.31. The molecule has 4 aromatic rings. The Bertz CT molecular complexity index is 1530. The Labute approximate surface area is 238 Å². The summed E-state index contributed by atoms with van der Waals surface area (Å²) in [5.41, 5.74) is 3.36. The average Bonchev–Trinajstić information content (AvgIpc) is 3.47. The second-order valence-corrected chi connectivity index (χ2v) is 12.6. The molecule has 1 aromatic heterocycles. The first-order valence-electron chi connectivity index (χ1n) is 12.0. The van der Waals surface area contributed by atoms with Gasteiger partial charge in [-0.05, 0) is 41.3 Å². The van der Waals surface area contributed by atoms with Gasteiger partial charge in [0.2, 0.25) is 11.0 Å². The van der Waals surface area contributed by atoms with Gasteiger partial charge in [0.1, 0.15) is 4.32 Å². The second kappa shape index (κ2) is 12.2. The summed E-state index contributed by atoms with van der Waals surface area (Å²) in [6.45, 7) is 2.42. The zero-order chi connectivity index (χ0) is 26.5. The van der Waals surface area contributed by atoms with Crippen LogP contribution in [0.4, 0.5) is 5.13 Å². The number of nitrogens with one attached hydrogen (secondary N) is 1. The van der Waals surface area contributed by atoms with Crippen LogP contribution in [0.5, 0.6) is 0 Å². The third-order valence-electron chi connectivity index (χ3n) is 5.92. The average molecular weight is 577 g/mol. The quantitative estimate of drug-likeness (QED) is 0.100. The van der Waals surface area contributed by atoms with Crippen molar-refractivity contribution in [2.75, 3.05) is 11.9 Å². The summed E-state index contributed by atoms with van der Waals surface area (Å²) in [4.78, 5) is 27.5. The lowest BCUT2D eigenvalue weighted by molar-refractivity contribution is -0.122. The van der Waals surface area contributed by atoms with Gasteiger partial charge in [0.25, 0.3) is 5.91 Å². The molecule has 38 heavy (non-hydrogen) atoms.